The fraction of sp³-hybridized carbons (Fsp3) is 0.294. The normalized spacial score (nSPS) is 15.9. The van der Waals surface area contributed by atoms with Crippen LogP contribution in [0.2, 0.25) is 0 Å². The van der Waals surface area contributed by atoms with Crippen molar-refractivity contribution >= 4 is 16.8 Å². The Bertz CT molecular complexity index is 822. The fourth-order valence-electron chi connectivity index (χ4n) is 3.13. The van der Waals surface area contributed by atoms with Crippen molar-refractivity contribution < 1.29 is 4.79 Å². The van der Waals surface area contributed by atoms with Crippen LogP contribution < -0.4 is 0 Å². The van der Waals surface area contributed by atoms with Gasteiger partial charge >= 0.3 is 0 Å². The molecule has 0 atom stereocenters. The first-order valence-corrected chi connectivity index (χ1v) is 7.79. The van der Waals surface area contributed by atoms with Gasteiger partial charge in [0.25, 0.3) is 5.91 Å². The molecular weight excluding hydrogens is 290 g/mol. The van der Waals surface area contributed by atoms with Crippen molar-refractivity contribution in [3.05, 3.63) is 54.7 Å². The van der Waals surface area contributed by atoms with Crippen molar-refractivity contribution in [1.29, 1.82) is 0 Å². The van der Waals surface area contributed by atoms with Crippen LogP contribution in [-0.2, 0) is 0 Å². The Morgan fingerprint density at radius 3 is 2.61 bits per heavy atom. The van der Waals surface area contributed by atoms with Gasteiger partial charge in [0, 0.05) is 30.7 Å². The van der Waals surface area contributed by atoms with Crippen LogP contribution >= 0.6 is 0 Å². The number of aromatic nitrogens is 4. The first-order valence-electron chi connectivity index (χ1n) is 7.79. The van der Waals surface area contributed by atoms with E-state index in [1.807, 2.05) is 39.8 Å². The number of para-hydroxylation sites is 1. The molecule has 3 aromatic rings. The Labute approximate surface area is 133 Å². The van der Waals surface area contributed by atoms with Crippen LogP contribution in [0, 0.1) is 0 Å². The topological polar surface area (TPSA) is 63.9 Å². The van der Waals surface area contributed by atoms with Gasteiger partial charge in [-0.1, -0.05) is 18.2 Å². The van der Waals surface area contributed by atoms with E-state index < -0.39 is 0 Å². The molecule has 116 valence electrons. The molecule has 0 bridgehead atoms. The monoisotopic (exact) mass is 307 g/mol. The highest BCUT2D eigenvalue weighted by Crippen LogP contribution is 2.23. The maximum Gasteiger partial charge on any atom is 0.255 e. The summed E-state index contributed by atoms with van der Waals surface area (Å²) in [4.78, 5) is 19.0. The van der Waals surface area contributed by atoms with E-state index in [1.54, 1.807) is 18.9 Å². The van der Waals surface area contributed by atoms with Crippen LogP contribution in [0.15, 0.2) is 49.2 Å². The summed E-state index contributed by atoms with van der Waals surface area (Å²) in [7, 11) is 0. The molecule has 0 spiro atoms. The maximum atomic E-state index is 12.7. The molecule has 6 heteroatoms. The Balaban J connectivity index is 1.48. The van der Waals surface area contributed by atoms with E-state index in [9.17, 15) is 4.79 Å². The third kappa shape index (κ3) is 2.67. The lowest BCUT2D eigenvalue weighted by Gasteiger charge is -2.32. The van der Waals surface area contributed by atoms with Gasteiger partial charge in [0.15, 0.2) is 0 Å². The number of benzene rings is 1. The van der Waals surface area contributed by atoms with E-state index in [0.717, 1.165) is 36.8 Å². The fourth-order valence-corrected chi connectivity index (χ4v) is 3.13. The van der Waals surface area contributed by atoms with Gasteiger partial charge in [0.1, 0.15) is 12.7 Å². The summed E-state index contributed by atoms with van der Waals surface area (Å²) in [6.45, 7) is 1.49. The zero-order valence-electron chi connectivity index (χ0n) is 12.7. The molecule has 6 nitrogen and oxygen atoms in total. The zero-order valence-corrected chi connectivity index (χ0v) is 12.7. The van der Waals surface area contributed by atoms with Crippen LogP contribution in [0.1, 0.15) is 29.2 Å². The molecule has 0 aliphatic carbocycles. The average Bonchev–Trinajstić information content (AvgIpc) is 3.15. The van der Waals surface area contributed by atoms with Crippen molar-refractivity contribution in [2.75, 3.05) is 13.1 Å². The Hall–Kier alpha value is -2.76. The molecule has 23 heavy (non-hydrogen) atoms. The molecular formula is C17H17N5O. The lowest BCUT2D eigenvalue weighted by molar-refractivity contribution is 0.0694. The number of hydrogen-bond donors (Lipinski definition) is 0. The molecule has 1 amide bonds. The molecule has 1 saturated heterocycles. The molecule has 1 aliphatic rings. The molecule has 0 radical (unpaired) electrons. The second-order valence-corrected chi connectivity index (χ2v) is 5.85. The first-order chi connectivity index (χ1) is 11.3. The van der Waals surface area contributed by atoms with E-state index in [2.05, 4.69) is 15.2 Å². The average molecular weight is 307 g/mol. The van der Waals surface area contributed by atoms with Crippen molar-refractivity contribution in [2.45, 2.75) is 18.9 Å². The number of pyridine rings is 1. The number of nitrogens with zero attached hydrogens (tertiary/aromatic N) is 5. The minimum atomic E-state index is 0.0606. The minimum absolute atomic E-state index is 0.0606. The van der Waals surface area contributed by atoms with Crippen molar-refractivity contribution in [3.8, 4) is 0 Å². The first kappa shape index (κ1) is 13.9. The lowest BCUT2D eigenvalue weighted by atomic mass is 10.0. The number of likely N-dealkylation sites (tertiary alicyclic amines) is 1. The summed E-state index contributed by atoms with van der Waals surface area (Å²) in [6.07, 6.45) is 7.01. The lowest BCUT2D eigenvalue weighted by Crippen LogP contribution is -2.39. The number of piperidine rings is 1. The second-order valence-electron chi connectivity index (χ2n) is 5.85. The van der Waals surface area contributed by atoms with Crippen LogP contribution in [-0.4, -0.2) is 43.6 Å². The number of carbonyl (C=O) groups excluding carboxylic acids is 1. The van der Waals surface area contributed by atoms with Gasteiger partial charge in [0.05, 0.1) is 11.1 Å². The van der Waals surface area contributed by atoms with Crippen LogP contribution in [0.4, 0.5) is 0 Å². The Morgan fingerprint density at radius 2 is 1.83 bits per heavy atom. The van der Waals surface area contributed by atoms with Crippen molar-refractivity contribution in [2.24, 2.45) is 0 Å². The summed E-state index contributed by atoms with van der Waals surface area (Å²) < 4.78 is 2.03. The molecule has 0 N–H and O–H groups in total. The molecule has 4 rings (SSSR count). The zero-order chi connectivity index (χ0) is 15.6. The molecule has 1 aliphatic heterocycles. The Morgan fingerprint density at radius 1 is 1.09 bits per heavy atom. The highest BCUT2D eigenvalue weighted by molar-refractivity contribution is 5.97. The smallest absolute Gasteiger partial charge is 0.255 e. The molecule has 0 saturated carbocycles. The molecule has 1 aromatic carbocycles. The summed E-state index contributed by atoms with van der Waals surface area (Å²) >= 11 is 0. The van der Waals surface area contributed by atoms with E-state index in [1.165, 1.54) is 0 Å². The van der Waals surface area contributed by atoms with Crippen molar-refractivity contribution in [3.63, 3.8) is 0 Å². The van der Waals surface area contributed by atoms with E-state index in [4.69, 9.17) is 0 Å². The summed E-state index contributed by atoms with van der Waals surface area (Å²) in [5.41, 5.74) is 1.57. The molecule has 3 heterocycles. The second kappa shape index (κ2) is 5.79. The maximum absolute atomic E-state index is 12.7. The van der Waals surface area contributed by atoms with E-state index >= 15 is 0 Å². The third-order valence-corrected chi connectivity index (χ3v) is 4.45. The molecule has 1 fully saturated rings. The van der Waals surface area contributed by atoms with Crippen LogP contribution in [0.5, 0.6) is 0 Å². The SMILES string of the molecule is O=C(c1cnc2ccccc2c1)N1CCC(n2cnnc2)CC1. The van der Waals surface area contributed by atoms with E-state index in [0.29, 0.717) is 11.6 Å². The minimum Gasteiger partial charge on any atom is -0.338 e. The third-order valence-electron chi connectivity index (χ3n) is 4.45. The highest BCUT2D eigenvalue weighted by atomic mass is 16.2. The Kier molecular flexibility index (Phi) is 3.49. The number of rotatable bonds is 2. The van der Waals surface area contributed by atoms with E-state index in [-0.39, 0.29) is 5.91 Å². The van der Waals surface area contributed by atoms with Gasteiger partial charge < -0.3 is 9.47 Å². The number of fused-ring (bicyclic) bond motifs is 1. The number of carbonyl (C=O) groups is 1. The summed E-state index contributed by atoms with van der Waals surface area (Å²) in [5.74, 6) is 0.0606. The standard InChI is InChI=1S/C17H17N5O/c23-17(14-9-13-3-1-2-4-16(13)18-10-14)21-7-5-15(6-8-21)22-11-19-20-12-22/h1-4,9-12,15H,5-8H2. The van der Waals surface area contributed by atoms with Gasteiger partial charge in [-0.05, 0) is 25.0 Å². The number of hydrogen-bond acceptors (Lipinski definition) is 4. The van der Waals surface area contributed by atoms with Crippen LogP contribution in [0.3, 0.4) is 0 Å². The highest BCUT2D eigenvalue weighted by Gasteiger charge is 2.24. The summed E-state index contributed by atoms with van der Waals surface area (Å²) in [5, 5.41) is 8.70. The predicted molar refractivity (Wildman–Crippen MR) is 85.9 cm³/mol. The van der Waals surface area contributed by atoms with Crippen molar-refractivity contribution in [1.82, 2.24) is 24.6 Å². The number of amides is 1. The van der Waals surface area contributed by atoms with Crippen LogP contribution in [0.25, 0.3) is 10.9 Å². The van der Waals surface area contributed by atoms with Gasteiger partial charge in [0.2, 0.25) is 0 Å². The summed E-state index contributed by atoms with van der Waals surface area (Å²) in [6, 6.07) is 10.2. The van der Waals surface area contributed by atoms with Gasteiger partial charge in [-0.25, -0.2) is 0 Å². The van der Waals surface area contributed by atoms with Gasteiger partial charge in [-0.3, -0.25) is 9.78 Å². The van der Waals surface area contributed by atoms with Gasteiger partial charge in [-0.15, -0.1) is 10.2 Å². The quantitative estimate of drug-likeness (QED) is 0.729. The molecule has 2 aromatic heterocycles. The largest absolute Gasteiger partial charge is 0.338 e. The van der Waals surface area contributed by atoms with Gasteiger partial charge in [-0.2, -0.15) is 0 Å². The molecule has 0 unspecified atom stereocenters. The predicted octanol–water partition coefficient (Wildman–Crippen LogP) is 2.30.